The second kappa shape index (κ2) is 8.57. The van der Waals surface area contributed by atoms with Gasteiger partial charge in [0.2, 0.25) is 5.78 Å². The second-order valence-electron chi connectivity index (χ2n) is 6.69. The van der Waals surface area contributed by atoms with E-state index in [-0.39, 0.29) is 28.1 Å². The van der Waals surface area contributed by atoms with E-state index in [2.05, 4.69) is 15.0 Å². The number of fused-ring (bicyclic) bond motifs is 1. The van der Waals surface area contributed by atoms with Crippen LogP contribution in [-0.2, 0) is 17.5 Å². The number of pyridine rings is 1. The van der Waals surface area contributed by atoms with Gasteiger partial charge < -0.3 is 10.0 Å². The molecule has 2 aromatic carbocycles. The van der Waals surface area contributed by atoms with Gasteiger partial charge in [0.1, 0.15) is 4.91 Å². The van der Waals surface area contributed by atoms with Gasteiger partial charge in [0.15, 0.2) is 22.6 Å². The SMILES string of the molecule is O=C(NCc1cccnc1)c1ccc2c(c1)C(=O)/C(=C\c1ccc(F)c(F)c1)S(=O)N2. The van der Waals surface area contributed by atoms with Crippen LogP contribution in [0.15, 0.2) is 65.8 Å². The number of rotatable bonds is 4. The lowest BCUT2D eigenvalue weighted by atomic mass is 10.0. The Hall–Kier alpha value is -3.72. The molecule has 0 bridgehead atoms. The van der Waals surface area contributed by atoms with E-state index in [1.807, 2.05) is 6.07 Å². The number of anilines is 1. The first-order valence-corrected chi connectivity index (χ1v) is 10.3. The largest absolute Gasteiger partial charge is 0.348 e. The maximum Gasteiger partial charge on any atom is 0.251 e. The first-order chi connectivity index (χ1) is 14.9. The van der Waals surface area contributed by atoms with E-state index >= 15 is 0 Å². The number of hydrogen-bond donors (Lipinski definition) is 2. The summed E-state index contributed by atoms with van der Waals surface area (Å²) in [5.41, 5.74) is 1.72. The Morgan fingerprint density at radius 2 is 1.97 bits per heavy atom. The number of hydrogen-bond acceptors (Lipinski definition) is 4. The monoisotopic (exact) mass is 439 g/mol. The van der Waals surface area contributed by atoms with Gasteiger partial charge in [0.25, 0.3) is 5.91 Å². The molecule has 2 heterocycles. The van der Waals surface area contributed by atoms with Crippen molar-refractivity contribution >= 4 is 34.4 Å². The molecular formula is C22H15F2N3O3S. The lowest BCUT2D eigenvalue weighted by molar-refractivity contribution is 0.0951. The molecule has 1 amide bonds. The van der Waals surface area contributed by atoms with Gasteiger partial charge in [0.05, 0.1) is 5.69 Å². The lowest BCUT2D eigenvalue weighted by Crippen LogP contribution is -2.25. The van der Waals surface area contributed by atoms with Gasteiger partial charge in [-0.3, -0.25) is 14.6 Å². The van der Waals surface area contributed by atoms with Gasteiger partial charge >= 0.3 is 0 Å². The maximum atomic E-state index is 13.5. The zero-order valence-corrected chi connectivity index (χ0v) is 16.7. The highest BCUT2D eigenvalue weighted by Gasteiger charge is 2.28. The quantitative estimate of drug-likeness (QED) is 0.608. The molecule has 0 aliphatic carbocycles. The van der Waals surface area contributed by atoms with Gasteiger partial charge in [-0.1, -0.05) is 12.1 Å². The molecule has 0 saturated heterocycles. The average molecular weight is 439 g/mol. The highest BCUT2D eigenvalue weighted by atomic mass is 32.2. The second-order valence-corrected chi connectivity index (χ2v) is 7.87. The predicted molar refractivity (Wildman–Crippen MR) is 112 cm³/mol. The third-order valence-electron chi connectivity index (χ3n) is 4.57. The van der Waals surface area contributed by atoms with Crippen molar-refractivity contribution in [2.75, 3.05) is 4.72 Å². The normalized spacial score (nSPS) is 16.5. The van der Waals surface area contributed by atoms with Gasteiger partial charge in [0, 0.05) is 30.1 Å². The maximum absolute atomic E-state index is 13.5. The molecule has 31 heavy (non-hydrogen) atoms. The smallest absolute Gasteiger partial charge is 0.251 e. The number of allylic oxidation sites excluding steroid dienone is 1. The third-order valence-corrected chi connectivity index (χ3v) is 5.68. The number of nitrogens with one attached hydrogen (secondary N) is 2. The summed E-state index contributed by atoms with van der Waals surface area (Å²) in [6.45, 7) is 0.265. The van der Waals surface area contributed by atoms with Crippen molar-refractivity contribution in [3.05, 3.63) is 99.7 Å². The molecule has 1 aromatic heterocycles. The van der Waals surface area contributed by atoms with Crippen molar-refractivity contribution in [2.24, 2.45) is 0 Å². The first kappa shape index (κ1) is 20.5. The number of benzene rings is 2. The van der Waals surface area contributed by atoms with Gasteiger partial charge in [-0.25, -0.2) is 13.0 Å². The summed E-state index contributed by atoms with van der Waals surface area (Å²) in [6, 6.07) is 11.1. The number of carbonyl (C=O) groups excluding carboxylic acids is 2. The standard InChI is InChI=1S/C22H15F2N3O3S/c23-17-5-3-13(8-18(17)24)9-20-21(28)16-10-15(4-6-19(16)27-31(20)30)22(29)26-12-14-2-1-7-25-11-14/h1-11,27H,12H2,(H,26,29)/b20-9+. The van der Waals surface area contributed by atoms with Crippen molar-refractivity contribution in [1.29, 1.82) is 0 Å². The molecular weight excluding hydrogens is 424 g/mol. The predicted octanol–water partition coefficient (Wildman–Crippen LogP) is 3.60. The van der Waals surface area contributed by atoms with Crippen LogP contribution in [-0.4, -0.2) is 20.9 Å². The van der Waals surface area contributed by atoms with E-state index in [1.165, 1.54) is 30.3 Å². The molecule has 9 heteroatoms. The van der Waals surface area contributed by atoms with Crippen LogP contribution in [0.5, 0.6) is 0 Å². The molecule has 6 nitrogen and oxygen atoms in total. The highest BCUT2D eigenvalue weighted by Crippen LogP contribution is 2.29. The molecule has 1 unspecified atom stereocenters. The topological polar surface area (TPSA) is 88.2 Å². The molecule has 156 valence electrons. The fraction of sp³-hybridized carbons (Fsp3) is 0.0455. The minimum atomic E-state index is -1.89. The zero-order valence-electron chi connectivity index (χ0n) is 15.9. The Morgan fingerprint density at radius 1 is 1.13 bits per heavy atom. The summed E-state index contributed by atoms with van der Waals surface area (Å²) in [5, 5.41) is 2.75. The van der Waals surface area contributed by atoms with Gasteiger partial charge in [-0.2, -0.15) is 0 Å². The fourth-order valence-electron chi connectivity index (χ4n) is 2.99. The Morgan fingerprint density at radius 3 is 2.71 bits per heavy atom. The number of nitrogens with zero attached hydrogens (tertiary/aromatic N) is 1. The molecule has 3 aromatic rings. The summed E-state index contributed by atoms with van der Waals surface area (Å²) in [6.07, 6.45) is 4.49. The van der Waals surface area contributed by atoms with Crippen molar-refractivity contribution < 1.29 is 22.6 Å². The van der Waals surface area contributed by atoms with E-state index in [0.29, 0.717) is 5.69 Å². The van der Waals surface area contributed by atoms with E-state index in [1.54, 1.807) is 18.5 Å². The Kier molecular flexibility index (Phi) is 5.68. The molecule has 1 aliphatic heterocycles. The van der Waals surface area contributed by atoms with Crippen molar-refractivity contribution in [2.45, 2.75) is 6.54 Å². The molecule has 0 fully saturated rings. The average Bonchev–Trinajstić information content (AvgIpc) is 2.78. The van der Waals surface area contributed by atoms with E-state index < -0.39 is 34.3 Å². The van der Waals surface area contributed by atoms with E-state index in [9.17, 15) is 22.6 Å². The lowest BCUT2D eigenvalue weighted by Gasteiger charge is -2.19. The van der Waals surface area contributed by atoms with Crippen LogP contribution in [0.1, 0.15) is 31.8 Å². The number of carbonyl (C=O) groups is 2. The number of amides is 1. The van der Waals surface area contributed by atoms with E-state index in [4.69, 9.17) is 0 Å². The number of Topliss-reactive ketones (excluding diaryl/α,β-unsaturated/α-hetero) is 1. The summed E-state index contributed by atoms with van der Waals surface area (Å²) in [4.78, 5) is 29.3. The highest BCUT2D eigenvalue weighted by molar-refractivity contribution is 7.91. The molecule has 1 aliphatic rings. The third kappa shape index (κ3) is 4.41. The van der Waals surface area contributed by atoms with Crippen LogP contribution in [0.2, 0.25) is 0 Å². The van der Waals surface area contributed by atoms with Gasteiger partial charge in [-0.05, 0) is 53.6 Å². The fourth-order valence-corrected chi connectivity index (χ4v) is 4.00. The van der Waals surface area contributed by atoms with Crippen molar-refractivity contribution in [3.8, 4) is 0 Å². The summed E-state index contributed by atoms with van der Waals surface area (Å²) >= 11 is 0. The summed E-state index contributed by atoms with van der Waals surface area (Å²) in [7, 11) is -1.89. The molecule has 2 N–H and O–H groups in total. The first-order valence-electron chi connectivity index (χ1n) is 9.13. The van der Waals surface area contributed by atoms with Crippen molar-refractivity contribution in [3.63, 3.8) is 0 Å². The van der Waals surface area contributed by atoms with Crippen LogP contribution in [0.25, 0.3) is 6.08 Å². The summed E-state index contributed by atoms with van der Waals surface area (Å²) in [5.74, 6) is -3.07. The Bertz CT molecular complexity index is 1250. The van der Waals surface area contributed by atoms with Crippen LogP contribution >= 0.6 is 0 Å². The number of aromatic nitrogens is 1. The molecule has 4 rings (SSSR count). The van der Waals surface area contributed by atoms with Gasteiger partial charge in [-0.15, -0.1) is 0 Å². The molecule has 0 saturated carbocycles. The minimum Gasteiger partial charge on any atom is -0.348 e. The van der Waals surface area contributed by atoms with Crippen molar-refractivity contribution in [1.82, 2.24) is 10.3 Å². The van der Waals surface area contributed by atoms with Crippen LogP contribution in [0.3, 0.4) is 0 Å². The van der Waals surface area contributed by atoms with Crippen LogP contribution < -0.4 is 10.0 Å². The van der Waals surface area contributed by atoms with Crippen LogP contribution in [0.4, 0.5) is 14.5 Å². The molecule has 0 spiro atoms. The van der Waals surface area contributed by atoms with Crippen LogP contribution in [0, 0.1) is 11.6 Å². The molecule has 0 radical (unpaired) electrons. The molecule has 1 atom stereocenters. The number of halogens is 2. The summed E-state index contributed by atoms with van der Waals surface area (Å²) < 4.78 is 41.8. The number of ketones is 1. The zero-order chi connectivity index (χ0) is 22.0. The minimum absolute atomic E-state index is 0.133. The Balaban J connectivity index is 1.59. The van der Waals surface area contributed by atoms with E-state index in [0.717, 1.165) is 17.7 Å². The Labute approximate surface area is 178 Å².